The minimum absolute atomic E-state index is 0. The Balaban J connectivity index is 0. The van der Waals surface area contributed by atoms with E-state index in [0.717, 1.165) is 12.8 Å². The predicted molar refractivity (Wildman–Crippen MR) is 44.4 cm³/mol. The minimum Gasteiger partial charge on any atom is -0.543 e. The molecule has 15 heavy (non-hydrogen) atoms. The SMILES string of the molecule is NC1CCCC[C@H]1N.O=C([O-])C(=O)[O-].[Pt+2]. The molecule has 0 radical (unpaired) electrons. The molecule has 0 heterocycles. The molecule has 0 aromatic rings. The Morgan fingerprint density at radius 1 is 0.933 bits per heavy atom. The molecule has 6 nitrogen and oxygen atoms in total. The van der Waals surface area contributed by atoms with Crippen LogP contribution in [0.3, 0.4) is 0 Å². The van der Waals surface area contributed by atoms with Gasteiger partial charge in [-0.1, -0.05) is 12.8 Å². The van der Waals surface area contributed by atoms with Gasteiger partial charge < -0.3 is 31.3 Å². The van der Waals surface area contributed by atoms with Gasteiger partial charge in [-0.15, -0.1) is 0 Å². The second-order valence-electron chi connectivity index (χ2n) is 3.19. The number of hydrogen-bond donors (Lipinski definition) is 2. The van der Waals surface area contributed by atoms with Gasteiger partial charge >= 0.3 is 21.1 Å². The van der Waals surface area contributed by atoms with Crippen LogP contribution in [0.25, 0.3) is 0 Å². The summed E-state index contributed by atoms with van der Waals surface area (Å²) < 4.78 is 0. The summed E-state index contributed by atoms with van der Waals surface area (Å²) in [6.07, 6.45) is 4.80. The van der Waals surface area contributed by atoms with Crippen molar-refractivity contribution in [2.75, 3.05) is 0 Å². The van der Waals surface area contributed by atoms with E-state index in [1.165, 1.54) is 12.8 Å². The number of hydrogen-bond acceptors (Lipinski definition) is 6. The van der Waals surface area contributed by atoms with Crippen LogP contribution in [0.5, 0.6) is 0 Å². The van der Waals surface area contributed by atoms with E-state index in [4.69, 9.17) is 31.3 Å². The molecule has 0 amide bonds. The van der Waals surface area contributed by atoms with E-state index < -0.39 is 11.9 Å². The van der Waals surface area contributed by atoms with Gasteiger partial charge in [-0.2, -0.15) is 0 Å². The number of nitrogens with two attached hydrogens (primary N) is 2. The van der Waals surface area contributed by atoms with Crippen molar-refractivity contribution >= 4 is 11.9 Å². The average molecular weight is 397 g/mol. The zero-order valence-corrected chi connectivity index (χ0v) is 10.4. The largest absolute Gasteiger partial charge is 2.00 e. The molecule has 0 saturated heterocycles. The van der Waals surface area contributed by atoms with Crippen LogP contribution in [0.15, 0.2) is 0 Å². The van der Waals surface area contributed by atoms with Crippen LogP contribution in [0, 0.1) is 0 Å². The van der Waals surface area contributed by atoms with E-state index in [0.29, 0.717) is 0 Å². The van der Waals surface area contributed by atoms with Crippen LogP contribution in [-0.4, -0.2) is 24.0 Å². The predicted octanol–water partition coefficient (Wildman–Crippen LogP) is -3.30. The van der Waals surface area contributed by atoms with Crippen LogP contribution in [-0.2, 0) is 30.7 Å². The Morgan fingerprint density at radius 3 is 1.33 bits per heavy atom. The normalized spacial score (nSPS) is 24.1. The van der Waals surface area contributed by atoms with Crippen molar-refractivity contribution in [3.8, 4) is 0 Å². The molecule has 1 aliphatic rings. The van der Waals surface area contributed by atoms with Crippen molar-refractivity contribution in [1.82, 2.24) is 0 Å². The maximum Gasteiger partial charge on any atom is 2.00 e. The van der Waals surface area contributed by atoms with E-state index in [1.807, 2.05) is 0 Å². The van der Waals surface area contributed by atoms with Gasteiger partial charge in [0.05, 0.1) is 11.9 Å². The quantitative estimate of drug-likeness (QED) is 0.412. The van der Waals surface area contributed by atoms with Gasteiger partial charge in [-0.25, -0.2) is 0 Å². The number of carbonyl (C=O) groups is 2. The van der Waals surface area contributed by atoms with E-state index in [2.05, 4.69) is 0 Å². The van der Waals surface area contributed by atoms with E-state index in [-0.39, 0.29) is 33.1 Å². The molecular formula is C8H14N2O4Pt. The molecule has 1 aliphatic carbocycles. The molecule has 0 aliphatic heterocycles. The molecule has 2 atom stereocenters. The number of rotatable bonds is 0. The fourth-order valence-electron chi connectivity index (χ4n) is 1.19. The van der Waals surface area contributed by atoms with Gasteiger partial charge in [0.25, 0.3) is 0 Å². The molecule has 7 heteroatoms. The molecule has 0 aromatic carbocycles. The molecule has 1 unspecified atom stereocenters. The number of carboxylic acid groups (broad SMARTS) is 2. The summed E-state index contributed by atoms with van der Waals surface area (Å²) in [7, 11) is 0. The summed E-state index contributed by atoms with van der Waals surface area (Å²) in [5.74, 6) is -4.37. The van der Waals surface area contributed by atoms with Gasteiger partial charge in [0.15, 0.2) is 0 Å². The monoisotopic (exact) mass is 397 g/mol. The van der Waals surface area contributed by atoms with Crippen molar-refractivity contribution in [3.05, 3.63) is 0 Å². The first-order chi connectivity index (χ1) is 6.45. The zero-order valence-electron chi connectivity index (χ0n) is 8.09. The maximum absolute atomic E-state index is 8.93. The van der Waals surface area contributed by atoms with Gasteiger partial charge in [0.1, 0.15) is 0 Å². The van der Waals surface area contributed by atoms with Gasteiger partial charge in [-0.05, 0) is 12.8 Å². The minimum atomic E-state index is -2.19. The Bertz CT molecular complexity index is 191. The summed E-state index contributed by atoms with van der Waals surface area (Å²) in [6, 6.07) is 0.562. The fraction of sp³-hybridized carbons (Fsp3) is 0.750. The Morgan fingerprint density at radius 2 is 1.20 bits per heavy atom. The molecule has 1 rings (SSSR count). The van der Waals surface area contributed by atoms with E-state index in [9.17, 15) is 0 Å². The van der Waals surface area contributed by atoms with Crippen LogP contribution in [0.1, 0.15) is 25.7 Å². The summed E-state index contributed by atoms with van der Waals surface area (Å²) in [5, 5.41) is 17.9. The number of aliphatic carboxylic acids is 2. The van der Waals surface area contributed by atoms with Crippen molar-refractivity contribution in [3.63, 3.8) is 0 Å². The fourth-order valence-corrected chi connectivity index (χ4v) is 1.19. The Hall–Kier alpha value is -0.452. The van der Waals surface area contributed by atoms with Crippen molar-refractivity contribution in [1.29, 1.82) is 0 Å². The van der Waals surface area contributed by atoms with Crippen molar-refractivity contribution in [2.45, 2.75) is 37.8 Å². The molecule has 4 N–H and O–H groups in total. The van der Waals surface area contributed by atoms with Gasteiger partial charge in [0.2, 0.25) is 0 Å². The maximum atomic E-state index is 8.93. The van der Waals surface area contributed by atoms with Crippen molar-refractivity contribution < 1.29 is 40.9 Å². The third kappa shape index (κ3) is 8.54. The topological polar surface area (TPSA) is 132 Å². The van der Waals surface area contributed by atoms with Crippen LogP contribution < -0.4 is 21.7 Å². The third-order valence-corrected chi connectivity index (χ3v) is 2.04. The summed E-state index contributed by atoms with van der Waals surface area (Å²) in [6.45, 7) is 0. The van der Waals surface area contributed by atoms with E-state index >= 15 is 0 Å². The first-order valence-electron chi connectivity index (χ1n) is 4.38. The molecule has 0 spiro atoms. The first kappa shape index (κ1) is 17.0. The molecule has 1 saturated carbocycles. The third-order valence-electron chi connectivity index (χ3n) is 2.04. The molecular weight excluding hydrogens is 383 g/mol. The molecule has 0 bridgehead atoms. The number of carboxylic acids is 2. The summed E-state index contributed by atoms with van der Waals surface area (Å²) in [5.41, 5.74) is 11.3. The molecule has 1 fully saturated rings. The average Bonchev–Trinajstić information content (AvgIpc) is 2.11. The smallest absolute Gasteiger partial charge is 0.543 e. The van der Waals surface area contributed by atoms with Gasteiger partial charge in [-0.3, -0.25) is 0 Å². The van der Waals surface area contributed by atoms with Gasteiger partial charge in [0, 0.05) is 12.1 Å². The Labute approximate surface area is 102 Å². The van der Waals surface area contributed by atoms with Crippen molar-refractivity contribution in [2.24, 2.45) is 11.5 Å². The molecule has 0 aromatic heterocycles. The standard InChI is InChI=1S/C6H14N2.C2H2O4.Pt/c7-5-3-1-2-4-6(5)8;3-1(4)2(5)6;/h5-6H,1-4,7-8H2;(H,3,4)(H,5,6);/q;;+2/p-2/t5-,6?;;/m1../s1. The van der Waals surface area contributed by atoms with Crippen LogP contribution >= 0.6 is 0 Å². The first-order valence-corrected chi connectivity index (χ1v) is 4.38. The zero-order chi connectivity index (χ0) is 11.1. The summed E-state index contributed by atoms with van der Waals surface area (Å²) in [4.78, 5) is 17.9. The van der Waals surface area contributed by atoms with Crippen LogP contribution in [0.4, 0.5) is 0 Å². The second-order valence-corrected chi connectivity index (χ2v) is 3.19. The molecule has 90 valence electrons. The number of carbonyl (C=O) groups excluding carboxylic acids is 2. The second kappa shape index (κ2) is 8.82. The van der Waals surface area contributed by atoms with Crippen LogP contribution in [0.2, 0.25) is 0 Å². The summed E-state index contributed by atoms with van der Waals surface area (Å²) >= 11 is 0. The van der Waals surface area contributed by atoms with E-state index in [1.54, 1.807) is 0 Å². The Kier molecular flexibility index (Phi) is 9.98.